The Morgan fingerprint density at radius 3 is 1.81 bits per heavy atom. The Morgan fingerprint density at radius 1 is 0.714 bits per heavy atom. The van der Waals surface area contributed by atoms with Crippen molar-refractivity contribution in [2.24, 2.45) is 0 Å². The summed E-state index contributed by atoms with van der Waals surface area (Å²) in [7, 11) is 4.63. The molecule has 6 nitrogen and oxygen atoms in total. The van der Waals surface area contributed by atoms with Gasteiger partial charge in [-0.05, 0) is 12.1 Å². The van der Waals surface area contributed by atoms with Crippen molar-refractivity contribution in [2.75, 3.05) is 32.8 Å². The zero-order valence-corrected chi connectivity index (χ0v) is 12.2. The minimum Gasteiger partial charge on any atom is -0.493 e. The molecule has 0 aromatic heterocycles. The predicted octanol–water partition coefficient (Wildman–Crippen LogP) is 2.67. The van der Waals surface area contributed by atoms with Crippen LogP contribution in [0.3, 0.4) is 0 Å². The molecule has 0 aliphatic rings. The van der Waals surface area contributed by atoms with Gasteiger partial charge in [0.25, 0.3) is 0 Å². The van der Waals surface area contributed by atoms with E-state index < -0.39 is 0 Å². The van der Waals surface area contributed by atoms with Gasteiger partial charge in [0, 0.05) is 18.2 Å². The molecule has 0 spiro atoms. The summed E-state index contributed by atoms with van der Waals surface area (Å²) in [5, 5.41) is 0. The molecule has 0 aliphatic heterocycles. The first-order valence-corrected chi connectivity index (χ1v) is 6.22. The first-order valence-electron chi connectivity index (χ1n) is 6.22. The summed E-state index contributed by atoms with van der Waals surface area (Å²) >= 11 is 0. The van der Waals surface area contributed by atoms with Gasteiger partial charge < -0.3 is 30.4 Å². The lowest BCUT2D eigenvalue weighted by molar-refractivity contribution is 0.321. The molecule has 0 atom stereocenters. The molecule has 2 aromatic rings. The molecule has 112 valence electrons. The quantitative estimate of drug-likeness (QED) is 0.823. The van der Waals surface area contributed by atoms with Gasteiger partial charge in [0.05, 0.1) is 32.7 Å². The first-order chi connectivity index (χ1) is 10.1. The fourth-order valence-corrected chi connectivity index (χ4v) is 1.87. The third kappa shape index (κ3) is 3.05. The van der Waals surface area contributed by atoms with E-state index in [9.17, 15) is 0 Å². The second-order valence-corrected chi connectivity index (χ2v) is 4.25. The van der Waals surface area contributed by atoms with E-state index in [2.05, 4.69) is 0 Å². The van der Waals surface area contributed by atoms with Gasteiger partial charge in [0.15, 0.2) is 11.5 Å². The van der Waals surface area contributed by atoms with Crippen LogP contribution in [-0.4, -0.2) is 21.3 Å². The smallest absolute Gasteiger partial charge is 0.203 e. The van der Waals surface area contributed by atoms with Crippen molar-refractivity contribution in [1.29, 1.82) is 0 Å². The summed E-state index contributed by atoms with van der Waals surface area (Å²) in [6.45, 7) is 0. The van der Waals surface area contributed by atoms with E-state index >= 15 is 0 Å². The molecule has 0 heterocycles. The topological polar surface area (TPSA) is 89.0 Å². The fourth-order valence-electron chi connectivity index (χ4n) is 1.87. The number of ether oxygens (including phenoxy) is 4. The van der Waals surface area contributed by atoms with E-state index in [1.54, 1.807) is 51.7 Å². The Bertz CT molecular complexity index is 619. The summed E-state index contributed by atoms with van der Waals surface area (Å²) in [6, 6.07) is 8.47. The minimum atomic E-state index is 0.458. The van der Waals surface area contributed by atoms with Crippen LogP contribution in [0.25, 0.3) is 0 Å². The van der Waals surface area contributed by atoms with Gasteiger partial charge in [-0.15, -0.1) is 0 Å². The number of rotatable bonds is 5. The first kappa shape index (κ1) is 14.6. The minimum absolute atomic E-state index is 0.458. The molecular formula is C15H18N2O4. The number of anilines is 2. The van der Waals surface area contributed by atoms with E-state index in [-0.39, 0.29) is 0 Å². The molecule has 0 fully saturated rings. The van der Waals surface area contributed by atoms with Gasteiger partial charge in [-0.2, -0.15) is 0 Å². The molecule has 6 heteroatoms. The Kier molecular flexibility index (Phi) is 4.27. The van der Waals surface area contributed by atoms with E-state index in [1.807, 2.05) is 0 Å². The maximum absolute atomic E-state index is 5.76. The zero-order chi connectivity index (χ0) is 15.4. The molecular weight excluding hydrogens is 272 g/mol. The summed E-state index contributed by atoms with van der Waals surface area (Å²) < 4.78 is 21.5. The van der Waals surface area contributed by atoms with Crippen LogP contribution in [0.2, 0.25) is 0 Å². The van der Waals surface area contributed by atoms with Crippen LogP contribution in [0.15, 0.2) is 30.3 Å². The second-order valence-electron chi connectivity index (χ2n) is 4.25. The highest BCUT2D eigenvalue weighted by molar-refractivity contribution is 5.65. The van der Waals surface area contributed by atoms with Gasteiger partial charge in [-0.1, -0.05) is 0 Å². The number of hydrogen-bond donors (Lipinski definition) is 2. The molecule has 0 radical (unpaired) electrons. The van der Waals surface area contributed by atoms with Crippen LogP contribution in [-0.2, 0) is 0 Å². The largest absolute Gasteiger partial charge is 0.493 e. The van der Waals surface area contributed by atoms with Gasteiger partial charge in [-0.25, -0.2) is 0 Å². The zero-order valence-electron chi connectivity index (χ0n) is 12.2. The maximum atomic E-state index is 5.76. The van der Waals surface area contributed by atoms with Crippen molar-refractivity contribution in [3.8, 4) is 28.7 Å². The monoisotopic (exact) mass is 290 g/mol. The third-order valence-electron chi connectivity index (χ3n) is 2.93. The Morgan fingerprint density at radius 2 is 1.33 bits per heavy atom. The van der Waals surface area contributed by atoms with Crippen LogP contribution in [0.4, 0.5) is 11.4 Å². The molecule has 2 rings (SSSR count). The van der Waals surface area contributed by atoms with E-state index in [0.717, 1.165) is 0 Å². The van der Waals surface area contributed by atoms with Crippen LogP contribution in [0.1, 0.15) is 0 Å². The van der Waals surface area contributed by atoms with E-state index in [1.165, 1.54) is 0 Å². The van der Waals surface area contributed by atoms with Crippen molar-refractivity contribution in [3.05, 3.63) is 30.3 Å². The summed E-state index contributed by atoms with van der Waals surface area (Å²) in [6.07, 6.45) is 0. The van der Waals surface area contributed by atoms with Crippen molar-refractivity contribution >= 4 is 11.4 Å². The van der Waals surface area contributed by atoms with Crippen LogP contribution in [0, 0.1) is 0 Å². The number of benzene rings is 2. The van der Waals surface area contributed by atoms with Gasteiger partial charge in [0.2, 0.25) is 5.75 Å². The molecule has 0 saturated heterocycles. The lowest BCUT2D eigenvalue weighted by atomic mass is 10.2. The molecule has 0 saturated carbocycles. The molecule has 0 aliphatic carbocycles. The highest BCUT2D eigenvalue weighted by Crippen LogP contribution is 2.42. The molecule has 0 bridgehead atoms. The second kappa shape index (κ2) is 6.13. The van der Waals surface area contributed by atoms with Gasteiger partial charge in [0.1, 0.15) is 11.5 Å². The van der Waals surface area contributed by atoms with Crippen LogP contribution >= 0.6 is 0 Å². The molecule has 0 unspecified atom stereocenters. The van der Waals surface area contributed by atoms with Gasteiger partial charge in [-0.3, -0.25) is 0 Å². The standard InChI is InChI=1S/C15H18N2O4/c1-18-13-7-10(8-14(19-2)15(13)20-3)21-9-4-5-11(16)12(17)6-9/h4-8H,16-17H2,1-3H3. The number of nitrogens with two attached hydrogens (primary N) is 2. The van der Waals surface area contributed by atoms with Crippen molar-refractivity contribution in [2.45, 2.75) is 0 Å². The Balaban J connectivity index is 2.37. The summed E-state index contributed by atoms with van der Waals surface area (Å²) in [5.74, 6) is 2.62. The molecule has 21 heavy (non-hydrogen) atoms. The number of hydrogen-bond acceptors (Lipinski definition) is 6. The lowest BCUT2D eigenvalue weighted by Gasteiger charge is -2.14. The van der Waals surface area contributed by atoms with Gasteiger partial charge >= 0.3 is 0 Å². The Hall–Kier alpha value is -2.76. The molecule has 2 aromatic carbocycles. The summed E-state index contributed by atoms with van der Waals surface area (Å²) in [4.78, 5) is 0. The average Bonchev–Trinajstić information content (AvgIpc) is 2.49. The fraction of sp³-hybridized carbons (Fsp3) is 0.200. The predicted molar refractivity (Wildman–Crippen MR) is 81.4 cm³/mol. The number of nitrogen functional groups attached to an aromatic ring is 2. The van der Waals surface area contributed by atoms with Crippen molar-refractivity contribution in [3.63, 3.8) is 0 Å². The molecule has 4 N–H and O–H groups in total. The molecule has 0 amide bonds. The highest BCUT2D eigenvalue weighted by atomic mass is 16.5. The number of methoxy groups -OCH3 is 3. The maximum Gasteiger partial charge on any atom is 0.203 e. The van der Waals surface area contributed by atoms with Crippen LogP contribution in [0.5, 0.6) is 28.7 Å². The van der Waals surface area contributed by atoms with E-state index in [0.29, 0.717) is 40.1 Å². The third-order valence-corrected chi connectivity index (χ3v) is 2.93. The average molecular weight is 290 g/mol. The Labute approximate surface area is 123 Å². The van der Waals surface area contributed by atoms with E-state index in [4.69, 9.17) is 30.4 Å². The van der Waals surface area contributed by atoms with Crippen LogP contribution < -0.4 is 30.4 Å². The van der Waals surface area contributed by atoms with Crippen molar-refractivity contribution in [1.82, 2.24) is 0 Å². The highest BCUT2D eigenvalue weighted by Gasteiger charge is 2.14. The summed E-state index contributed by atoms with van der Waals surface area (Å²) in [5.41, 5.74) is 12.4. The lowest BCUT2D eigenvalue weighted by Crippen LogP contribution is -1.97. The van der Waals surface area contributed by atoms with Crippen molar-refractivity contribution < 1.29 is 18.9 Å². The SMILES string of the molecule is COc1cc(Oc2ccc(N)c(N)c2)cc(OC)c1OC. The normalized spacial score (nSPS) is 10.0.